The van der Waals surface area contributed by atoms with Crippen LogP contribution in [-0.2, 0) is 6.54 Å². The van der Waals surface area contributed by atoms with Crippen LogP contribution < -0.4 is 15.8 Å². The number of aromatic nitrogens is 3. The van der Waals surface area contributed by atoms with Gasteiger partial charge in [0.05, 0.1) is 53.7 Å². The van der Waals surface area contributed by atoms with Gasteiger partial charge in [0.15, 0.2) is 0 Å². The number of methoxy groups -OCH3 is 1. The summed E-state index contributed by atoms with van der Waals surface area (Å²) in [5.41, 5.74) is 12.9. The van der Waals surface area contributed by atoms with Gasteiger partial charge in [0.25, 0.3) is 0 Å². The molecule has 0 unspecified atom stereocenters. The monoisotopic (exact) mass is 389 g/mol. The van der Waals surface area contributed by atoms with Crippen LogP contribution in [0.3, 0.4) is 0 Å². The minimum Gasteiger partial charge on any atom is -0.496 e. The Labute approximate surface area is 168 Å². The molecule has 4 rings (SSSR count). The van der Waals surface area contributed by atoms with Gasteiger partial charge in [-0.1, -0.05) is 11.2 Å². The first-order valence-corrected chi connectivity index (χ1v) is 9.33. The number of fused-ring (bicyclic) bond motifs is 1. The van der Waals surface area contributed by atoms with Gasteiger partial charge in [-0.05, 0) is 45.0 Å². The Morgan fingerprint density at radius 2 is 2.00 bits per heavy atom. The van der Waals surface area contributed by atoms with Crippen molar-refractivity contribution in [2.24, 2.45) is 0 Å². The zero-order valence-electron chi connectivity index (χ0n) is 16.9. The maximum Gasteiger partial charge on any atom is 0.141 e. The molecule has 0 bridgehead atoms. The highest BCUT2D eigenvalue weighted by Gasteiger charge is 2.19. The highest BCUT2D eigenvalue weighted by molar-refractivity contribution is 6.00. The first kappa shape index (κ1) is 18.7. The van der Waals surface area contributed by atoms with Crippen LogP contribution in [0.15, 0.2) is 41.1 Å². The number of rotatable bonds is 5. The van der Waals surface area contributed by atoms with Gasteiger partial charge in [-0.2, -0.15) is 0 Å². The average molecular weight is 389 g/mol. The quantitative estimate of drug-likeness (QED) is 0.521. The topological polar surface area (TPSA) is 99.1 Å². The van der Waals surface area contributed by atoms with Crippen molar-refractivity contribution in [3.8, 4) is 16.9 Å². The number of hydrogen-bond acceptors (Lipinski definition) is 7. The molecule has 0 saturated heterocycles. The molecule has 7 nitrogen and oxygen atoms in total. The van der Waals surface area contributed by atoms with Crippen molar-refractivity contribution in [1.82, 2.24) is 15.1 Å². The van der Waals surface area contributed by atoms with E-state index >= 15 is 0 Å². The van der Waals surface area contributed by atoms with Crippen molar-refractivity contribution in [2.45, 2.75) is 27.3 Å². The fourth-order valence-corrected chi connectivity index (χ4v) is 3.54. The van der Waals surface area contributed by atoms with Crippen molar-refractivity contribution in [1.29, 1.82) is 0 Å². The van der Waals surface area contributed by atoms with Crippen LogP contribution in [0.25, 0.3) is 22.0 Å². The third-order valence-electron chi connectivity index (χ3n) is 4.91. The van der Waals surface area contributed by atoms with E-state index in [2.05, 4.69) is 20.4 Å². The molecule has 3 N–H and O–H groups in total. The van der Waals surface area contributed by atoms with E-state index in [1.165, 1.54) is 0 Å². The number of aryl methyl sites for hydroxylation is 3. The number of anilines is 2. The van der Waals surface area contributed by atoms with Gasteiger partial charge in [0.2, 0.25) is 0 Å². The molecule has 0 saturated carbocycles. The predicted octanol–water partition coefficient (Wildman–Crippen LogP) is 4.41. The fourth-order valence-electron chi connectivity index (χ4n) is 3.54. The SMILES string of the molecule is COc1cc2c(NCc3cccc(C)n3)c(N)cnc2cc1-c1c(C)noc1C. The number of benzene rings is 1. The van der Waals surface area contributed by atoms with Crippen LogP contribution in [0.1, 0.15) is 22.8 Å². The van der Waals surface area contributed by atoms with Gasteiger partial charge in [0.1, 0.15) is 11.5 Å². The molecular formula is C22H23N5O2. The summed E-state index contributed by atoms with van der Waals surface area (Å²) >= 11 is 0. The molecule has 148 valence electrons. The van der Waals surface area contributed by atoms with Gasteiger partial charge in [-0.3, -0.25) is 9.97 Å². The molecule has 0 atom stereocenters. The largest absolute Gasteiger partial charge is 0.496 e. The summed E-state index contributed by atoms with van der Waals surface area (Å²) in [5, 5.41) is 8.35. The highest BCUT2D eigenvalue weighted by atomic mass is 16.5. The standard InChI is InChI=1S/C22H23N5O2/c1-12-6-5-7-15(26-12)10-25-22-16-9-20(28-4)17(8-19(16)24-11-18(22)23)21-13(2)27-29-14(21)3/h5-9,11H,10,23H2,1-4H3,(H,24,25). The van der Waals surface area contributed by atoms with Crippen LogP contribution >= 0.6 is 0 Å². The molecule has 1 aromatic carbocycles. The highest BCUT2D eigenvalue weighted by Crippen LogP contribution is 2.40. The molecule has 4 aromatic rings. The molecule has 0 amide bonds. The zero-order valence-corrected chi connectivity index (χ0v) is 16.9. The molecule has 29 heavy (non-hydrogen) atoms. The van der Waals surface area contributed by atoms with E-state index in [0.29, 0.717) is 18.0 Å². The first-order chi connectivity index (χ1) is 14.0. The van der Waals surface area contributed by atoms with Crippen LogP contribution in [0.4, 0.5) is 11.4 Å². The van der Waals surface area contributed by atoms with E-state index in [4.69, 9.17) is 15.0 Å². The van der Waals surface area contributed by atoms with E-state index in [0.717, 1.165) is 50.6 Å². The minimum absolute atomic E-state index is 0.554. The predicted molar refractivity (Wildman–Crippen MR) is 114 cm³/mol. The molecule has 0 fully saturated rings. The summed E-state index contributed by atoms with van der Waals surface area (Å²) in [4.78, 5) is 9.07. The van der Waals surface area contributed by atoms with Crippen molar-refractivity contribution in [3.05, 3.63) is 59.4 Å². The normalized spacial score (nSPS) is 11.0. The summed E-state index contributed by atoms with van der Waals surface area (Å²) in [6.45, 7) is 6.32. The Balaban J connectivity index is 1.81. The summed E-state index contributed by atoms with van der Waals surface area (Å²) in [6.07, 6.45) is 1.66. The molecule has 3 heterocycles. The van der Waals surface area contributed by atoms with E-state index in [-0.39, 0.29) is 0 Å². The van der Waals surface area contributed by atoms with Gasteiger partial charge in [-0.15, -0.1) is 0 Å². The van der Waals surface area contributed by atoms with E-state index in [9.17, 15) is 0 Å². The van der Waals surface area contributed by atoms with Crippen LogP contribution in [0.5, 0.6) is 5.75 Å². The van der Waals surface area contributed by atoms with Crippen molar-refractivity contribution < 1.29 is 9.26 Å². The third-order valence-corrected chi connectivity index (χ3v) is 4.91. The number of ether oxygens (including phenoxy) is 1. The molecule has 3 aromatic heterocycles. The summed E-state index contributed by atoms with van der Waals surface area (Å²) < 4.78 is 11.0. The maximum atomic E-state index is 6.24. The Kier molecular flexibility index (Phi) is 4.80. The maximum absolute atomic E-state index is 6.24. The molecule has 0 aliphatic heterocycles. The second-order valence-electron chi connectivity index (χ2n) is 6.98. The zero-order chi connectivity index (χ0) is 20.5. The summed E-state index contributed by atoms with van der Waals surface area (Å²) in [7, 11) is 1.65. The smallest absolute Gasteiger partial charge is 0.141 e. The summed E-state index contributed by atoms with van der Waals surface area (Å²) in [6, 6.07) is 9.88. The Hall–Kier alpha value is -3.61. The Bertz CT molecular complexity index is 1180. The molecule has 0 radical (unpaired) electrons. The number of nitrogens with zero attached hydrogens (tertiary/aromatic N) is 3. The van der Waals surface area contributed by atoms with E-state index in [1.807, 2.05) is 51.1 Å². The first-order valence-electron chi connectivity index (χ1n) is 9.33. The molecular weight excluding hydrogens is 366 g/mol. The second-order valence-corrected chi connectivity index (χ2v) is 6.98. The molecule has 0 spiro atoms. The fraction of sp³-hybridized carbons (Fsp3) is 0.227. The summed E-state index contributed by atoms with van der Waals surface area (Å²) in [5.74, 6) is 1.44. The van der Waals surface area contributed by atoms with Crippen molar-refractivity contribution >= 4 is 22.3 Å². The Morgan fingerprint density at radius 1 is 1.17 bits per heavy atom. The van der Waals surface area contributed by atoms with Crippen molar-refractivity contribution in [2.75, 3.05) is 18.2 Å². The lowest BCUT2D eigenvalue weighted by molar-refractivity contribution is 0.393. The molecule has 0 aliphatic rings. The van der Waals surface area contributed by atoms with Gasteiger partial charge < -0.3 is 20.3 Å². The minimum atomic E-state index is 0.554. The number of hydrogen-bond donors (Lipinski definition) is 2. The van der Waals surface area contributed by atoms with Crippen molar-refractivity contribution in [3.63, 3.8) is 0 Å². The lowest BCUT2D eigenvalue weighted by atomic mass is 10.00. The van der Waals surface area contributed by atoms with Crippen LogP contribution in [0.2, 0.25) is 0 Å². The van der Waals surface area contributed by atoms with Gasteiger partial charge in [0, 0.05) is 16.6 Å². The number of pyridine rings is 2. The van der Waals surface area contributed by atoms with Gasteiger partial charge >= 0.3 is 0 Å². The number of nitrogen functional groups attached to an aromatic ring is 1. The lowest BCUT2D eigenvalue weighted by Gasteiger charge is -2.15. The molecule has 7 heteroatoms. The van der Waals surface area contributed by atoms with Crippen LogP contribution in [0, 0.1) is 20.8 Å². The third kappa shape index (κ3) is 3.47. The number of nitrogens with two attached hydrogens (primary N) is 1. The van der Waals surface area contributed by atoms with Gasteiger partial charge in [-0.25, -0.2) is 0 Å². The van der Waals surface area contributed by atoms with Crippen LogP contribution in [-0.4, -0.2) is 22.2 Å². The average Bonchev–Trinajstić information content (AvgIpc) is 3.04. The lowest BCUT2D eigenvalue weighted by Crippen LogP contribution is -2.06. The molecule has 0 aliphatic carbocycles. The number of nitrogens with one attached hydrogen (secondary N) is 1. The Morgan fingerprint density at radius 3 is 2.69 bits per heavy atom. The van der Waals surface area contributed by atoms with E-state index in [1.54, 1.807) is 13.3 Å². The van der Waals surface area contributed by atoms with E-state index < -0.39 is 0 Å². The second kappa shape index (κ2) is 7.43.